The van der Waals surface area contributed by atoms with Crippen LogP contribution in [0.4, 0.5) is 10.5 Å². The molecule has 0 aliphatic heterocycles. The second-order valence-electron chi connectivity index (χ2n) is 4.01. The molecule has 6 nitrogen and oxygen atoms in total. The molecule has 0 radical (unpaired) electrons. The van der Waals surface area contributed by atoms with Crippen molar-refractivity contribution in [3.05, 3.63) is 54.1 Å². The van der Waals surface area contributed by atoms with E-state index in [2.05, 4.69) is 4.74 Å². The van der Waals surface area contributed by atoms with E-state index < -0.39 is 12.1 Å². The summed E-state index contributed by atoms with van der Waals surface area (Å²) in [4.78, 5) is 23.3. The summed E-state index contributed by atoms with van der Waals surface area (Å²) in [6.07, 6.45) is -0.975. The van der Waals surface area contributed by atoms with Crippen molar-refractivity contribution >= 4 is 17.8 Å². The molecule has 21 heavy (non-hydrogen) atoms. The van der Waals surface area contributed by atoms with Crippen LogP contribution in [0, 0.1) is 0 Å². The number of hydrogen-bond donors (Lipinski definition) is 1. The summed E-state index contributed by atoms with van der Waals surface area (Å²) < 4.78 is 14.6. The summed E-state index contributed by atoms with van der Waals surface area (Å²) in [5.74, 6) is -0.341. The molecular weight excluding hydrogens is 274 g/mol. The van der Waals surface area contributed by atoms with Crippen molar-refractivity contribution in [3.63, 3.8) is 0 Å². The van der Waals surface area contributed by atoms with Crippen molar-refractivity contribution in [3.8, 4) is 11.5 Å². The van der Waals surface area contributed by atoms with Gasteiger partial charge in [-0.15, -0.1) is 0 Å². The first-order chi connectivity index (χ1) is 10.1. The molecule has 2 aromatic carbocycles. The second kappa shape index (κ2) is 6.42. The van der Waals surface area contributed by atoms with Crippen molar-refractivity contribution in [1.29, 1.82) is 0 Å². The van der Waals surface area contributed by atoms with Gasteiger partial charge in [0, 0.05) is 11.8 Å². The highest BCUT2D eigenvalue weighted by atomic mass is 16.7. The van der Waals surface area contributed by atoms with E-state index in [1.165, 1.54) is 25.3 Å². The molecule has 0 aliphatic carbocycles. The zero-order valence-electron chi connectivity index (χ0n) is 11.2. The molecule has 2 N–H and O–H groups in total. The Hall–Kier alpha value is -3.02. The van der Waals surface area contributed by atoms with E-state index in [4.69, 9.17) is 15.2 Å². The van der Waals surface area contributed by atoms with E-state index in [1.807, 2.05) is 0 Å². The quantitative estimate of drug-likeness (QED) is 0.530. The summed E-state index contributed by atoms with van der Waals surface area (Å²) in [7, 11) is 1.23. The van der Waals surface area contributed by atoms with Crippen LogP contribution in [0.2, 0.25) is 0 Å². The van der Waals surface area contributed by atoms with E-state index in [9.17, 15) is 9.59 Å². The van der Waals surface area contributed by atoms with Crippen molar-refractivity contribution in [2.45, 2.75) is 0 Å². The predicted molar refractivity (Wildman–Crippen MR) is 75.3 cm³/mol. The van der Waals surface area contributed by atoms with E-state index in [0.29, 0.717) is 11.4 Å². The molecule has 6 heteroatoms. The lowest BCUT2D eigenvalue weighted by Crippen LogP contribution is -2.16. The first-order valence-corrected chi connectivity index (χ1v) is 6.02. The molecule has 0 saturated heterocycles. The lowest BCUT2D eigenvalue weighted by Gasteiger charge is -2.09. The summed E-state index contributed by atoms with van der Waals surface area (Å²) in [6, 6.07) is 12.7. The van der Waals surface area contributed by atoms with Gasteiger partial charge in [-0.1, -0.05) is 18.2 Å². The summed E-state index contributed by atoms with van der Waals surface area (Å²) in [5.41, 5.74) is 6.03. The minimum absolute atomic E-state index is 0.0252. The Balaban J connectivity index is 2.16. The first-order valence-electron chi connectivity index (χ1n) is 6.02. The van der Waals surface area contributed by atoms with E-state index in [-0.39, 0.29) is 11.3 Å². The largest absolute Gasteiger partial charge is 0.519 e. The van der Waals surface area contributed by atoms with Crippen LogP contribution < -0.4 is 15.2 Å². The topological polar surface area (TPSA) is 87.9 Å². The highest BCUT2D eigenvalue weighted by Crippen LogP contribution is 2.23. The molecule has 0 spiro atoms. The van der Waals surface area contributed by atoms with Gasteiger partial charge in [0.2, 0.25) is 0 Å². The highest BCUT2D eigenvalue weighted by molar-refractivity contribution is 5.93. The van der Waals surface area contributed by atoms with Crippen molar-refractivity contribution in [1.82, 2.24) is 0 Å². The molecule has 0 unspecified atom stereocenters. The highest BCUT2D eigenvalue weighted by Gasteiger charge is 2.17. The zero-order chi connectivity index (χ0) is 15.2. The summed E-state index contributed by atoms with van der Waals surface area (Å²) >= 11 is 0. The number of ether oxygens (including phenoxy) is 3. The number of esters is 1. The van der Waals surface area contributed by atoms with Gasteiger partial charge in [0.1, 0.15) is 11.3 Å². The van der Waals surface area contributed by atoms with Crippen LogP contribution in [-0.2, 0) is 4.74 Å². The van der Waals surface area contributed by atoms with Crippen LogP contribution in [0.1, 0.15) is 10.4 Å². The minimum atomic E-state index is -0.975. The van der Waals surface area contributed by atoms with Gasteiger partial charge in [-0.2, -0.15) is 0 Å². The van der Waals surface area contributed by atoms with Crippen LogP contribution in [0.3, 0.4) is 0 Å². The second-order valence-corrected chi connectivity index (χ2v) is 4.01. The molecule has 0 bridgehead atoms. The van der Waals surface area contributed by atoms with Gasteiger partial charge in [-0.25, -0.2) is 9.59 Å². The number of nitrogens with two attached hydrogens (primary N) is 1. The standard InChI is InChI=1S/C15H13NO5/c1-19-14(17)12-8-7-10(16)9-13(12)21-15(18)20-11-5-3-2-4-6-11/h2-9H,16H2,1H3. The summed E-state index contributed by atoms with van der Waals surface area (Å²) in [6.45, 7) is 0. The SMILES string of the molecule is COC(=O)c1ccc(N)cc1OC(=O)Oc1ccccc1. The number of nitrogen functional groups attached to an aromatic ring is 1. The van der Waals surface area contributed by atoms with Crippen LogP contribution in [-0.4, -0.2) is 19.2 Å². The number of methoxy groups -OCH3 is 1. The summed E-state index contributed by atoms with van der Waals surface area (Å²) in [5, 5.41) is 0. The maximum absolute atomic E-state index is 11.7. The molecule has 0 heterocycles. The number of anilines is 1. The number of carbonyl (C=O) groups is 2. The van der Waals surface area contributed by atoms with Gasteiger partial charge in [0.05, 0.1) is 7.11 Å². The van der Waals surface area contributed by atoms with Crippen LogP contribution in [0.25, 0.3) is 0 Å². The zero-order valence-corrected chi connectivity index (χ0v) is 11.2. The van der Waals surface area contributed by atoms with Gasteiger partial charge in [0.15, 0.2) is 5.75 Å². The number of hydrogen-bond acceptors (Lipinski definition) is 6. The molecule has 0 aliphatic rings. The van der Waals surface area contributed by atoms with Crippen molar-refractivity contribution in [2.75, 3.05) is 12.8 Å². The lowest BCUT2D eigenvalue weighted by molar-refractivity contribution is 0.0597. The fourth-order valence-corrected chi connectivity index (χ4v) is 1.60. The molecular formula is C15H13NO5. The molecule has 2 rings (SSSR count). The molecule has 0 saturated carbocycles. The smallest absolute Gasteiger partial charge is 0.465 e. The predicted octanol–water partition coefficient (Wildman–Crippen LogP) is 2.63. The average Bonchev–Trinajstić information content (AvgIpc) is 2.47. The van der Waals surface area contributed by atoms with Gasteiger partial charge >= 0.3 is 12.1 Å². The Morgan fingerprint density at radius 1 is 1.00 bits per heavy atom. The van der Waals surface area contributed by atoms with Gasteiger partial charge < -0.3 is 19.9 Å². The Morgan fingerprint density at radius 3 is 2.38 bits per heavy atom. The lowest BCUT2D eigenvalue weighted by atomic mass is 10.2. The maximum atomic E-state index is 11.7. The van der Waals surface area contributed by atoms with E-state index in [0.717, 1.165) is 0 Å². The van der Waals surface area contributed by atoms with E-state index in [1.54, 1.807) is 30.3 Å². The molecule has 2 aromatic rings. The molecule has 0 fully saturated rings. The first kappa shape index (κ1) is 14.4. The Labute approximate surface area is 121 Å². The fraction of sp³-hybridized carbons (Fsp3) is 0.0667. The number of para-hydroxylation sites is 1. The van der Waals surface area contributed by atoms with E-state index >= 15 is 0 Å². The maximum Gasteiger partial charge on any atom is 0.519 e. The third kappa shape index (κ3) is 3.73. The normalized spacial score (nSPS) is 9.76. The number of carbonyl (C=O) groups excluding carboxylic acids is 2. The van der Waals surface area contributed by atoms with Crippen molar-refractivity contribution in [2.24, 2.45) is 0 Å². The monoisotopic (exact) mass is 287 g/mol. The average molecular weight is 287 g/mol. The van der Waals surface area contributed by atoms with Gasteiger partial charge in [-0.3, -0.25) is 0 Å². The Morgan fingerprint density at radius 2 is 1.71 bits per heavy atom. The number of rotatable bonds is 3. The Kier molecular flexibility index (Phi) is 4.40. The van der Waals surface area contributed by atoms with Crippen LogP contribution in [0.5, 0.6) is 11.5 Å². The fourth-order valence-electron chi connectivity index (χ4n) is 1.60. The van der Waals surface area contributed by atoms with Crippen molar-refractivity contribution < 1.29 is 23.8 Å². The van der Waals surface area contributed by atoms with Gasteiger partial charge in [-0.05, 0) is 24.3 Å². The minimum Gasteiger partial charge on any atom is -0.465 e. The number of benzene rings is 2. The molecule has 0 atom stereocenters. The van der Waals surface area contributed by atoms with Crippen LogP contribution >= 0.6 is 0 Å². The Bertz CT molecular complexity index is 654. The van der Waals surface area contributed by atoms with Crippen LogP contribution in [0.15, 0.2) is 48.5 Å². The van der Waals surface area contributed by atoms with Gasteiger partial charge in [0.25, 0.3) is 0 Å². The molecule has 0 amide bonds. The molecule has 0 aromatic heterocycles. The molecule has 108 valence electrons. The third-order valence-corrected chi connectivity index (χ3v) is 2.55. The third-order valence-electron chi connectivity index (χ3n) is 2.55.